The molecule has 2 aromatic rings. The Kier molecular flexibility index (Phi) is 6.66. The van der Waals surface area contributed by atoms with Crippen LogP contribution in [0.4, 0.5) is 0 Å². The van der Waals surface area contributed by atoms with E-state index in [1.54, 1.807) is 28.2 Å². The molecule has 0 saturated carbocycles. The Morgan fingerprint density at radius 3 is 2.44 bits per heavy atom. The summed E-state index contributed by atoms with van der Waals surface area (Å²) in [6.07, 6.45) is 5.18. The molecule has 146 valence electrons. The normalized spacial score (nSPS) is 11.3. The summed E-state index contributed by atoms with van der Waals surface area (Å²) in [6.45, 7) is 10.4. The summed E-state index contributed by atoms with van der Waals surface area (Å²) in [5, 5.41) is 0. The molecule has 2 heterocycles. The second-order valence-corrected chi connectivity index (χ2v) is 7.66. The van der Waals surface area contributed by atoms with E-state index in [2.05, 4.69) is 6.58 Å². The van der Waals surface area contributed by atoms with Gasteiger partial charge < -0.3 is 18.8 Å². The number of amides is 2. The first-order valence-electron chi connectivity index (χ1n) is 9.03. The van der Waals surface area contributed by atoms with Crippen LogP contribution in [-0.2, 0) is 29.7 Å². The molecule has 2 aromatic heterocycles. The number of rotatable bonds is 8. The molecule has 0 N–H and O–H groups in total. The second-order valence-electron chi connectivity index (χ2n) is 7.66. The molecule has 27 heavy (non-hydrogen) atoms. The van der Waals surface area contributed by atoms with E-state index < -0.39 is 5.41 Å². The molecular formula is C21H29N3O3. The first-order valence-corrected chi connectivity index (χ1v) is 9.03. The monoisotopic (exact) mass is 371 g/mol. The molecule has 0 aromatic carbocycles. The average molecular weight is 371 g/mol. The van der Waals surface area contributed by atoms with Gasteiger partial charge in [-0.15, -0.1) is 6.58 Å². The third-order valence-electron chi connectivity index (χ3n) is 4.29. The molecule has 0 fully saturated rings. The first kappa shape index (κ1) is 20.6. The summed E-state index contributed by atoms with van der Waals surface area (Å²) in [4.78, 5) is 29.0. The molecular weight excluding hydrogens is 342 g/mol. The van der Waals surface area contributed by atoms with Gasteiger partial charge in [0.15, 0.2) is 0 Å². The zero-order valence-electron chi connectivity index (χ0n) is 16.6. The predicted octanol–water partition coefficient (Wildman–Crippen LogP) is 3.21. The molecule has 0 atom stereocenters. The van der Waals surface area contributed by atoms with Crippen molar-refractivity contribution in [3.63, 3.8) is 0 Å². The van der Waals surface area contributed by atoms with Crippen LogP contribution in [-0.4, -0.2) is 39.3 Å². The average Bonchev–Trinajstić information content (AvgIpc) is 3.24. The highest BCUT2D eigenvalue weighted by Gasteiger charge is 2.29. The van der Waals surface area contributed by atoms with Gasteiger partial charge in [-0.3, -0.25) is 9.59 Å². The molecule has 0 aliphatic carbocycles. The second kappa shape index (κ2) is 8.75. The van der Waals surface area contributed by atoms with E-state index in [-0.39, 0.29) is 18.4 Å². The van der Waals surface area contributed by atoms with Crippen molar-refractivity contribution < 1.29 is 14.0 Å². The Morgan fingerprint density at radius 1 is 1.19 bits per heavy atom. The van der Waals surface area contributed by atoms with Gasteiger partial charge in [0.2, 0.25) is 11.8 Å². The fourth-order valence-electron chi connectivity index (χ4n) is 2.79. The zero-order chi connectivity index (χ0) is 20.0. The number of aromatic nitrogens is 1. The van der Waals surface area contributed by atoms with Gasteiger partial charge in [0.05, 0.1) is 19.4 Å². The summed E-state index contributed by atoms with van der Waals surface area (Å²) >= 11 is 0. The van der Waals surface area contributed by atoms with Crippen molar-refractivity contribution in [2.45, 2.75) is 33.9 Å². The zero-order valence-corrected chi connectivity index (χ0v) is 16.6. The number of hydrogen-bond donors (Lipinski definition) is 0. The van der Waals surface area contributed by atoms with Gasteiger partial charge in [0, 0.05) is 30.9 Å². The molecule has 2 rings (SSSR count). The highest BCUT2D eigenvalue weighted by molar-refractivity contribution is 5.87. The van der Waals surface area contributed by atoms with Crippen LogP contribution >= 0.6 is 0 Å². The Hall–Kier alpha value is -2.76. The number of carbonyl (C=O) groups is 2. The van der Waals surface area contributed by atoms with Gasteiger partial charge in [-0.05, 0) is 24.3 Å². The van der Waals surface area contributed by atoms with Crippen LogP contribution in [0.25, 0.3) is 0 Å². The lowest BCUT2D eigenvalue weighted by Crippen LogP contribution is -2.46. The van der Waals surface area contributed by atoms with E-state index in [0.717, 1.165) is 5.69 Å². The van der Waals surface area contributed by atoms with Crippen molar-refractivity contribution in [1.82, 2.24) is 14.4 Å². The first-order chi connectivity index (χ1) is 12.7. The van der Waals surface area contributed by atoms with Gasteiger partial charge in [-0.1, -0.05) is 26.8 Å². The molecule has 0 aliphatic heterocycles. The molecule has 2 amide bonds. The van der Waals surface area contributed by atoms with Crippen molar-refractivity contribution in [3.05, 3.63) is 60.8 Å². The Labute approximate surface area is 161 Å². The van der Waals surface area contributed by atoms with Crippen LogP contribution in [0.1, 0.15) is 32.2 Å². The molecule has 0 radical (unpaired) electrons. The molecule has 0 unspecified atom stereocenters. The summed E-state index contributed by atoms with van der Waals surface area (Å²) in [5.74, 6) is 0.495. The van der Waals surface area contributed by atoms with E-state index in [0.29, 0.717) is 25.4 Å². The third-order valence-corrected chi connectivity index (χ3v) is 4.29. The predicted molar refractivity (Wildman–Crippen MR) is 105 cm³/mol. The Balaban J connectivity index is 2.19. The largest absolute Gasteiger partial charge is 0.467 e. The highest BCUT2D eigenvalue weighted by Crippen LogP contribution is 2.18. The molecule has 0 spiro atoms. The van der Waals surface area contributed by atoms with Crippen molar-refractivity contribution in [1.29, 1.82) is 0 Å². The summed E-state index contributed by atoms with van der Waals surface area (Å²) < 4.78 is 7.40. The fraction of sp³-hybridized carbons (Fsp3) is 0.429. The molecule has 0 aliphatic rings. The summed E-state index contributed by atoms with van der Waals surface area (Å²) in [6, 6.07) is 7.56. The van der Waals surface area contributed by atoms with E-state index in [1.807, 2.05) is 56.8 Å². The lowest BCUT2D eigenvalue weighted by atomic mass is 9.94. The fourth-order valence-corrected chi connectivity index (χ4v) is 2.79. The van der Waals surface area contributed by atoms with Gasteiger partial charge >= 0.3 is 0 Å². The Bertz CT molecular complexity index is 769. The topological polar surface area (TPSA) is 58.7 Å². The van der Waals surface area contributed by atoms with Crippen molar-refractivity contribution in [2.75, 3.05) is 13.1 Å². The van der Waals surface area contributed by atoms with Gasteiger partial charge in [0.1, 0.15) is 12.3 Å². The quantitative estimate of drug-likeness (QED) is 0.670. The Morgan fingerprint density at radius 2 is 1.93 bits per heavy atom. The van der Waals surface area contributed by atoms with Gasteiger partial charge in [0.25, 0.3) is 0 Å². The number of aryl methyl sites for hydroxylation is 1. The molecule has 6 heteroatoms. The van der Waals surface area contributed by atoms with Crippen molar-refractivity contribution in [3.8, 4) is 0 Å². The van der Waals surface area contributed by atoms with Crippen LogP contribution < -0.4 is 0 Å². The molecule has 0 bridgehead atoms. The number of carbonyl (C=O) groups excluding carboxylic acids is 2. The van der Waals surface area contributed by atoms with Gasteiger partial charge in [-0.2, -0.15) is 0 Å². The van der Waals surface area contributed by atoms with E-state index >= 15 is 0 Å². The van der Waals surface area contributed by atoms with Crippen LogP contribution in [0.5, 0.6) is 0 Å². The van der Waals surface area contributed by atoms with Crippen LogP contribution in [0.3, 0.4) is 0 Å². The van der Waals surface area contributed by atoms with Crippen LogP contribution in [0, 0.1) is 5.41 Å². The number of nitrogens with zero attached hydrogens (tertiary/aromatic N) is 3. The highest BCUT2D eigenvalue weighted by atomic mass is 16.3. The lowest BCUT2D eigenvalue weighted by molar-refractivity contribution is -0.145. The molecule has 6 nitrogen and oxygen atoms in total. The third kappa shape index (κ3) is 5.61. The van der Waals surface area contributed by atoms with Crippen molar-refractivity contribution in [2.24, 2.45) is 12.5 Å². The maximum Gasteiger partial charge on any atom is 0.242 e. The number of furan rings is 1. The van der Waals surface area contributed by atoms with Crippen molar-refractivity contribution >= 4 is 11.8 Å². The number of hydrogen-bond acceptors (Lipinski definition) is 3. The summed E-state index contributed by atoms with van der Waals surface area (Å²) in [7, 11) is 1.94. The smallest absolute Gasteiger partial charge is 0.242 e. The minimum atomic E-state index is -0.562. The minimum absolute atomic E-state index is 0.00720. The van der Waals surface area contributed by atoms with Crippen LogP contribution in [0.2, 0.25) is 0 Å². The standard InChI is InChI=1S/C21H29N3O3/c1-6-11-23(20(26)21(2,3)4)16-19(25)24(15-18-10-8-13-27-18)14-17-9-7-12-22(17)5/h6-10,12-13H,1,11,14-16H2,2-5H3. The molecule has 0 saturated heterocycles. The maximum absolute atomic E-state index is 13.1. The van der Waals surface area contributed by atoms with E-state index in [9.17, 15) is 9.59 Å². The minimum Gasteiger partial charge on any atom is -0.467 e. The summed E-state index contributed by atoms with van der Waals surface area (Å²) in [5.41, 5.74) is 0.445. The van der Waals surface area contributed by atoms with Crippen LogP contribution in [0.15, 0.2) is 53.8 Å². The van der Waals surface area contributed by atoms with E-state index in [4.69, 9.17) is 4.42 Å². The van der Waals surface area contributed by atoms with Gasteiger partial charge in [-0.25, -0.2) is 0 Å². The SMILES string of the molecule is C=CCN(CC(=O)N(Cc1ccco1)Cc1cccn1C)C(=O)C(C)(C)C. The lowest BCUT2D eigenvalue weighted by Gasteiger charge is -2.30. The maximum atomic E-state index is 13.1. The van der Waals surface area contributed by atoms with E-state index in [1.165, 1.54) is 0 Å².